The maximum absolute atomic E-state index is 12.0. The minimum absolute atomic E-state index is 0.0537. The van der Waals surface area contributed by atoms with E-state index in [0.29, 0.717) is 15.9 Å². The number of rotatable bonds is 5. The molecule has 2 rings (SSSR count). The van der Waals surface area contributed by atoms with Gasteiger partial charge in [0.25, 0.3) is 11.6 Å². The Bertz CT molecular complexity index is 805. The van der Waals surface area contributed by atoms with E-state index in [0.717, 1.165) is 16.7 Å². The first kappa shape index (κ1) is 17.9. The van der Waals surface area contributed by atoms with E-state index in [4.69, 9.17) is 4.74 Å². The first-order chi connectivity index (χ1) is 11.3. The number of hydrogen-bond acceptors (Lipinski definition) is 4. The van der Waals surface area contributed by atoms with Crippen molar-refractivity contribution >= 4 is 33.2 Å². The van der Waals surface area contributed by atoms with Gasteiger partial charge in [0.1, 0.15) is 5.75 Å². The maximum atomic E-state index is 12.0. The molecule has 7 heteroatoms. The molecule has 1 amide bonds. The van der Waals surface area contributed by atoms with Gasteiger partial charge in [0, 0.05) is 16.6 Å². The topological polar surface area (TPSA) is 81.5 Å². The molecule has 0 aliphatic heterocycles. The summed E-state index contributed by atoms with van der Waals surface area (Å²) in [6, 6.07) is 8.08. The van der Waals surface area contributed by atoms with Crippen molar-refractivity contribution in [3.8, 4) is 5.75 Å². The summed E-state index contributed by atoms with van der Waals surface area (Å²) in [5.74, 6) is 0.327. The number of anilines is 1. The fraction of sp³-hybridized carbons (Fsp3) is 0.235. The second-order valence-corrected chi connectivity index (χ2v) is 6.32. The Balaban J connectivity index is 2.03. The van der Waals surface area contributed by atoms with E-state index in [1.165, 1.54) is 18.2 Å². The van der Waals surface area contributed by atoms with Crippen LogP contribution in [0.5, 0.6) is 5.75 Å². The number of non-ortho nitro benzene ring substituents is 1. The molecule has 0 atom stereocenters. The average Bonchev–Trinajstić information content (AvgIpc) is 2.51. The Morgan fingerprint density at radius 3 is 2.58 bits per heavy atom. The third-order valence-electron chi connectivity index (χ3n) is 3.56. The second kappa shape index (κ2) is 7.44. The summed E-state index contributed by atoms with van der Waals surface area (Å²) in [5.41, 5.74) is 3.55. The number of carbonyl (C=O) groups excluding carboxylic acids is 1. The Hall–Kier alpha value is -2.41. The van der Waals surface area contributed by atoms with Gasteiger partial charge in [0.15, 0.2) is 6.61 Å². The summed E-state index contributed by atoms with van der Waals surface area (Å²) < 4.78 is 6.04. The van der Waals surface area contributed by atoms with Crippen molar-refractivity contribution in [2.75, 3.05) is 11.9 Å². The zero-order chi connectivity index (χ0) is 17.9. The van der Waals surface area contributed by atoms with E-state index in [1.54, 1.807) is 0 Å². The zero-order valence-corrected chi connectivity index (χ0v) is 15.1. The van der Waals surface area contributed by atoms with Crippen molar-refractivity contribution in [3.63, 3.8) is 0 Å². The molecule has 0 saturated heterocycles. The smallest absolute Gasteiger partial charge is 0.270 e. The molecule has 0 saturated carbocycles. The molecule has 2 aromatic rings. The first-order valence-corrected chi connectivity index (χ1v) is 8.01. The van der Waals surface area contributed by atoms with Gasteiger partial charge in [-0.3, -0.25) is 14.9 Å². The molecule has 1 N–H and O–H groups in total. The van der Waals surface area contributed by atoms with Crippen molar-refractivity contribution in [1.82, 2.24) is 0 Å². The molecule has 126 valence electrons. The minimum Gasteiger partial charge on any atom is -0.483 e. The van der Waals surface area contributed by atoms with E-state index >= 15 is 0 Å². The van der Waals surface area contributed by atoms with Gasteiger partial charge in [-0.1, -0.05) is 6.07 Å². The van der Waals surface area contributed by atoms with Crippen molar-refractivity contribution in [2.24, 2.45) is 0 Å². The van der Waals surface area contributed by atoms with E-state index in [1.807, 2.05) is 26.8 Å². The Kier molecular flexibility index (Phi) is 5.56. The number of aryl methyl sites for hydroxylation is 2. The standard InChI is InChI=1S/C17H17BrN2O4/c1-10-6-11(2)12(3)16(7-10)24-9-17(21)19-15-5-4-13(20(22)23)8-14(15)18/h4-8H,9H2,1-3H3,(H,19,21). The van der Waals surface area contributed by atoms with Gasteiger partial charge in [-0.2, -0.15) is 0 Å². The van der Waals surface area contributed by atoms with E-state index < -0.39 is 4.92 Å². The molecule has 6 nitrogen and oxygen atoms in total. The number of nitrogens with zero attached hydrogens (tertiary/aromatic N) is 1. The van der Waals surface area contributed by atoms with Crippen molar-refractivity contribution in [2.45, 2.75) is 20.8 Å². The molecule has 0 fully saturated rings. The number of nitro groups is 1. The average molecular weight is 393 g/mol. The van der Waals surface area contributed by atoms with Crippen LogP contribution in [0.15, 0.2) is 34.8 Å². The predicted octanol–water partition coefficient (Wildman–Crippen LogP) is 4.30. The quantitative estimate of drug-likeness (QED) is 0.607. The van der Waals surface area contributed by atoms with E-state index in [9.17, 15) is 14.9 Å². The fourth-order valence-electron chi connectivity index (χ4n) is 2.20. The van der Waals surface area contributed by atoms with Crippen LogP contribution in [0.1, 0.15) is 16.7 Å². The minimum atomic E-state index is -0.498. The van der Waals surface area contributed by atoms with Crippen LogP contribution < -0.4 is 10.1 Å². The lowest BCUT2D eigenvalue weighted by Gasteiger charge is -2.13. The third-order valence-corrected chi connectivity index (χ3v) is 4.22. The Labute approximate surface area is 148 Å². The summed E-state index contributed by atoms with van der Waals surface area (Å²) in [6.07, 6.45) is 0. The molecular formula is C17H17BrN2O4. The Morgan fingerprint density at radius 2 is 1.96 bits per heavy atom. The lowest BCUT2D eigenvalue weighted by molar-refractivity contribution is -0.384. The maximum Gasteiger partial charge on any atom is 0.270 e. The number of benzene rings is 2. The van der Waals surface area contributed by atoms with Crippen molar-refractivity contribution < 1.29 is 14.5 Å². The summed E-state index contributed by atoms with van der Waals surface area (Å²) >= 11 is 3.21. The number of nitro benzene ring substituents is 1. The monoisotopic (exact) mass is 392 g/mol. The third kappa shape index (κ3) is 4.32. The summed E-state index contributed by atoms with van der Waals surface area (Å²) in [7, 11) is 0. The van der Waals surface area contributed by atoms with Gasteiger partial charge in [-0.15, -0.1) is 0 Å². The van der Waals surface area contributed by atoms with E-state index in [2.05, 4.69) is 27.3 Å². The van der Waals surface area contributed by atoms with Crippen LogP contribution in [-0.4, -0.2) is 17.4 Å². The molecule has 24 heavy (non-hydrogen) atoms. The number of nitrogens with one attached hydrogen (secondary N) is 1. The molecule has 0 heterocycles. The number of amides is 1. The SMILES string of the molecule is Cc1cc(C)c(C)c(OCC(=O)Nc2ccc([N+](=O)[O-])cc2Br)c1. The largest absolute Gasteiger partial charge is 0.483 e. The number of ether oxygens (including phenoxy) is 1. The van der Waals surface area contributed by atoms with Crippen LogP contribution in [0.4, 0.5) is 11.4 Å². The van der Waals surface area contributed by atoms with Crippen LogP contribution in [-0.2, 0) is 4.79 Å². The summed E-state index contributed by atoms with van der Waals surface area (Å²) in [6.45, 7) is 5.75. The number of halogens is 1. The van der Waals surface area contributed by atoms with Gasteiger partial charge in [-0.25, -0.2) is 0 Å². The number of hydrogen-bond donors (Lipinski definition) is 1. The van der Waals surface area contributed by atoms with Crippen molar-refractivity contribution in [1.29, 1.82) is 0 Å². The molecule has 0 aromatic heterocycles. The molecule has 0 unspecified atom stereocenters. The van der Waals surface area contributed by atoms with Gasteiger partial charge < -0.3 is 10.1 Å². The van der Waals surface area contributed by atoms with Crippen LogP contribution in [0, 0.1) is 30.9 Å². The summed E-state index contributed by atoms with van der Waals surface area (Å²) in [5, 5.41) is 13.4. The fourth-order valence-corrected chi connectivity index (χ4v) is 2.67. The van der Waals surface area contributed by atoms with Crippen LogP contribution in [0.3, 0.4) is 0 Å². The highest BCUT2D eigenvalue weighted by Crippen LogP contribution is 2.27. The lowest BCUT2D eigenvalue weighted by atomic mass is 10.1. The molecule has 0 spiro atoms. The second-order valence-electron chi connectivity index (χ2n) is 5.46. The highest BCUT2D eigenvalue weighted by Gasteiger charge is 2.12. The molecular weight excluding hydrogens is 376 g/mol. The highest BCUT2D eigenvalue weighted by atomic mass is 79.9. The summed E-state index contributed by atoms with van der Waals surface area (Å²) in [4.78, 5) is 22.3. The highest BCUT2D eigenvalue weighted by molar-refractivity contribution is 9.10. The van der Waals surface area contributed by atoms with Crippen molar-refractivity contribution in [3.05, 3.63) is 61.6 Å². The predicted molar refractivity (Wildman–Crippen MR) is 95.6 cm³/mol. The molecule has 2 aromatic carbocycles. The molecule has 0 aliphatic carbocycles. The van der Waals surface area contributed by atoms with Gasteiger partial charge >= 0.3 is 0 Å². The van der Waals surface area contributed by atoms with E-state index in [-0.39, 0.29) is 18.2 Å². The van der Waals surface area contributed by atoms with Gasteiger partial charge in [-0.05, 0) is 65.5 Å². The number of carbonyl (C=O) groups is 1. The van der Waals surface area contributed by atoms with Crippen LogP contribution >= 0.6 is 15.9 Å². The lowest BCUT2D eigenvalue weighted by Crippen LogP contribution is -2.20. The Morgan fingerprint density at radius 1 is 1.25 bits per heavy atom. The zero-order valence-electron chi connectivity index (χ0n) is 13.6. The van der Waals surface area contributed by atoms with Gasteiger partial charge in [0.2, 0.25) is 0 Å². The van der Waals surface area contributed by atoms with Gasteiger partial charge in [0.05, 0.1) is 10.6 Å². The molecule has 0 aliphatic rings. The molecule has 0 radical (unpaired) electrons. The van der Waals surface area contributed by atoms with Crippen LogP contribution in [0.25, 0.3) is 0 Å². The first-order valence-electron chi connectivity index (χ1n) is 7.22. The normalized spacial score (nSPS) is 10.3. The molecule has 0 bridgehead atoms. The van der Waals surface area contributed by atoms with Crippen LogP contribution in [0.2, 0.25) is 0 Å².